The van der Waals surface area contributed by atoms with E-state index in [2.05, 4.69) is 10.3 Å². The van der Waals surface area contributed by atoms with E-state index in [1.165, 1.54) is 51.4 Å². The molecular formula is C30H44N4O3. The molecule has 0 saturated heterocycles. The van der Waals surface area contributed by atoms with Crippen molar-refractivity contribution < 1.29 is 14.6 Å². The first kappa shape index (κ1) is 27.4. The van der Waals surface area contributed by atoms with Crippen LogP contribution in [0.5, 0.6) is 11.6 Å². The average Bonchev–Trinajstić information content (AvgIpc) is 2.94. The molecule has 2 saturated carbocycles. The van der Waals surface area contributed by atoms with Crippen LogP contribution >= 0.6 is 0 Å². The molecule has 7 nitrogen and oxygen atoms in total. The van der Waals surface area contributed by atoms with E-state index in [0.29, 0.717) is 37.0 Å². The van der Waals surface area contributed by atoms with Gasteiger partial charge in [0, 0.05) is 37.7 Å². The molecule has 2 aromatic rings. The van der Waals surface area contributed by atoms with Crippen molar-refractivity contribution in [3.8, 4) is 11.6 Å². The van der Waals surface area contributed by atoms with Gasteiger partial charge in [-0.1, -0.05) is 56.7 Å². The summed E-state index contributed by atoms with van der Waals surface area (Å²) in [5.41, 5.74) is 7.88. The second-order valence-electron chi connectivity index (χ2n) is 10.7. The number of carbonyl (C=O) groups is 1. The molecule has 0 bridgehead atoms. The highest BCUT2D eigenvalue weighted by molar-refractivity contribution is 5.76. The lowest BCUT2D eigenvalue weighted by atomic mass is 9.82. The SMILES string of the molecule is Nc1cnc(Oc2ccccc2)cc1CNC(CCC(=O)N(CCO)C1CCCCC1)C1CCCCC1. The number of nitrogens with zero attached hydrogens (tertiary/aromatic N) is 2. The molecule has 1 heterocycles. The Labute approximate surface area is 221 Å². The molecule has 0 spiro atoms. The number of anilines is 1. The lowest BCUT2D eigenvalue weighted by molar-refractivity contribution is -0.135. The third kappa shape index (κ3) is 8.17. The summed E-state index contributed by atoms with van der Waals surface area (Å²) in [7, 11) is 0. The highest BCUT2D eigenvalue weighted by atomic mass is 16.5. The van der Waals surface area contributed by atoms with Crippen LogP contribution in [-0.4, -0.2) is 46.1 Å². The summed E-state index contributed by atoms with van der Waals surface area (Å²) < 4.78 is 5.92. The first-order valence-electron chi connectivity index (χ1n) is 14.2. The molecule has 202 valence electrons. The average molecular weight is 509 g/mol. The number of nitrogen functional groups attached to an aromatic ring is 1. The summed E-state index contributed by atoms with van der Waals surface area (Å²) >= 11 is 0. The standard InChI is InChI=1S/C30H44N4O3/c31-27-22-33-29(37-26-14-8-3-9-15-26)20-24(27)21-32-28(23-10-4-1-5-11-23)16-17-30(36)34(18-19-35)25-12-6-2-7-13-25/h3,8-9,14-15,20,22-23,25,28,32,35H,1-2,4-7,10-13,16-19,21,31H2. The molecule has 2 fully saturated rings. The highest BCUT2D eigenvalue weighted by Gasteiger charge is 2.28. The second kappa shape index (κ2) is 14.3. The van der Waals surface area contributed by atoms with Gasteiger partial charge >= 0.3 is 0 Å². The molecule has 37 heavy (non-hydrogen) atoms. The minimum atomic E-state index is 0.0290. The number of aliphatic hydroxyl groups excluding tert-OH is 1. The maximum absolute atomic E-state index is 13.3. The van der Waals surface area contributed by atoms with E-state index in [4.69, 9.17) is 10.5 Å². The van der Waals surface area contributed by atoms with Crippen molar-refractivity contribution in [3.05, 3.63) is 48.2 Å². The van der Waals surface area contributed by atoms with E-state index in [0.717, 1.165) is 30.6 Å². The largest absolute Gasteiger partial charge is 0.439 e. The maximum atomic E-state index is 13.3. The summed E-state index contributed by atoms with van der Waals surface area (Å²) in [6, 6.07) is 12.1. The Kier molecular flexibility index (Phi) is 10.6. The van der Waals surface area contributed by atoms with Crippen LogP contribution in [0.15, 0.2) is 42.6 Å². The van der Waals surface area contributed by atoms with Gasteiger partial charge in [-0.15, -0.1) is 0 Å². The van der Waals surface area contributed by atoms with Crippen molar-refractivity contribution >= 4 is 11.6 Å². The van der Waals surface area contributed by atoms with Gasteiger partial charge in [-0.25, -0.2) is 4.98 Å². The number of hydrogen-bond donors (Lipinski definition) is 3. The zero-order valence-electron chi connectivity index (χ0n) is 22.1. The number of rotatable bonds is 12. The number of ether oxygens (including phenoxy) is 1. The van der Waals surface area contributed by atoms with Crippen LogP contribution in [0.3, 0.4) is 0 Å². The zero-order chi connectivity index (χ0) is 25.9. The first-order valence-corrected chi connectivity index (χ1v) is 14.2. The van der Waals surface area contributed by atoms with Gasteiger partial charge in [-0.2, -0.15) is 0 Å². The van der Waals surface area contributed by atoms with Gasteiger partial charge < -0.3 is 25.8 Å². The Balaban J connectivity index is 1.39. The Bertz CT molecular complexity index is 959. The van der Waals surface area contributed by atoms with Crippen LogP contribution in [0.2, 0.25) is 0 Å². The van der Waals surface area contributed by atoms with E-state index in [-0.39, 0.29) is 24.6 Å². The quantitative estimate of drug-likeness (QED) is 0.354. The number of hydrogen-bond acceptors (Lipinski definition) is 6. The normalized spacial score (nSPS) is 17.9. The predicted molar refractivity (Wildman–Crippen MR) is 147 cm³/mol. The van der Waals surface area contributed by atoms with Gasteiger partial charge in [-0.3, -0.25) is 4.79 Å². The monoisotopic (exact) mass is 508 g/mol. The van der Waals surface area contributed by atoms with Crippen LogP contribution in [0.25, 0.3) is 0 Å². The molecule has 4 rings (SSSR count). The van der Waals surface area contributed by atoms with Crippen LogP contribution < -0.4 is 15.8 Å². The van der Waals surface area contributed by atoms with Crippen molar-refractivity contribution in [2.45, 2.75) is 95.7 Å². The van der Waals surface area contributed by atoms with Crippen LogP contribution in [0.1, 0.15) is 82.6 Å². The highest BCUT2D eigenvalue weighted by Crippen LogP contribution is 2.30. The third-order valence-electron chi connectivity index (χ3n) is 8.08. The lowest BCUT2D eigenvalue weighted by Crippen LogP contribution is -2.44. The molecule has 1 unspecified atom stereocenters. The van der Waals surface area contributed by atoms with Gasteiger partial charge in [0.15, 0.2) is 0 Å². The van der Waals surface area contributed by atoms with Crippen LogP contribution in [0, 0.1) is 5.92 Å². The van der Waals surface area contributed by atoms with Crippen molar-refractivity contribution in [1.29, 1.82) is 0 Å². The topological polar surface area (TPSA) is 101 Å². The molecule has 4 N–H and O–H groups in total. The Morgan fingerprint density at radius 1 is 1.08 bits per heavy atom. The first-order chi connectivity index (χ1) is 18.1. The van der Waals surface area contributed by atoms with E-state index < -0.39 is 0 Å². The van der Waals surface area contributed by atoms with Crippen molar-refractivity contribution in [3.63, 3.8) is 0 Å². The molecular weight excluding hydrogens is 464 g/mol. The summed E-state index contributed by atoms with van der Waals surface area (Å²) in [6.45, 7) is 1.09. The summed E-state index contributed by atoms with van der Waals surface area (Å²) in [5.74, 6) is 2.01. The second-order valence-corrected chi connectivity index (χ2v) is 10.7. The molecule has 0 aliphatic heterocycles. The third-order valence-corrected chi connectivity index (χ3v) is 8.08. The smallest absolute Gasteiger partial charge is 0.222 e. The van der Waals surface area contributed by atoms with Gasteiger partial charge in [0.05, 0.1) is 18.5 Å². The molecule has 2 aliphatic carbocycles. The van der Waals surface area contributed by atoms with Crippen molar-refractivity contribution in [1.82, 2.24) is 15.2 Å². The van der Waals surface area contributed by atoms with Crippen LogP contribution in [-0.2, 0) is 11.3 Å². The lowest BCUT2D eigenvalue weighted by Gasteiger charge is -2.35. The summed E-state index contributed by atoms with van der Waals surface area (Å²) in [6.07, 6.45) is 14.9. The Morgan fingerprint density at radius 2 is 1.78 bits per heavy atom. The number of nitrogens with one attached hydrogen (secondary N) is 1. The van der Waals surface area contributed by atoms with E-state index >= 15 is 0 Å². The predicted octanol–water partition coefficient (Wildman–Crippen LogP) is 5.43. The Hall–Kier alpha value is -2.64. The van der Waals surface area contributed by atoms with Crippen molar-refractivity contribution in [2.24, 2.45) is 5.92 Å². The fraction of sp³-hybridized carbons (Fsp3) is 0.600. The van der Waals surface area contributed by atoms with Gasteiger partial charge in [-0.05, 0) is 55.7 Å². The van der Waals surface area contributed by atoms with Crippen molar-refractivity contribution in [2.75, 3.05) is 18.9 Å². The minimum absolute atomic E-state index is 0.0290. The number of benzene rings is 1. The van der Waals surface area contributed by atoms with E-state index in [1.54, 1.807) is 6.20 Å². The summed E-state index contributed by atoms with van der Waals surface area (Å²) in [5, 5.41) is 13.4. The number of amides is 1. The molecule has 7 heteroatoms. The zero-order valence-corrected chi connectivity index (χ0v) is 22.1. The molecule has 1 atom stereocenters. The Morgan fingerprint density at radius 3 is 2.49 bits per heavy atom. The number of pyridine rings is 1. The fourth-order valence-corrected chi connectivity index (χ4v) is 6.02. The molecule has 0 radical (unpaired) electrons. The number of para-hydroxylation sites is 1. The van der Waals surface area contributed by atoms with Gasteiger partial charge in [0.1, 0.15) is 5.75 Å². The number of aromatic nitrogens is 1. The number of carbonyl (C=O) groups excluding carboxylic acids is 1. The van der Waals surface area contributed by atoms with Gasteiger partial charge in [0.2, 0.25) is 11.8 Å². The molecule has 2 aliphatic rings. The number of aliphatic hydroxyl groups is 1. The van der Waals surface area contributed by atoms with Crippen LogP contribution in [0.4, 0.5) is 5.69 Å². The fourth-order valence-electron chi connectivity index (χ4n) is 6.02. The molecule has 1 aromatic heterocycles. The molecule has 1 amide bonds. The number of nitrogens with two attached hydrogens (primary N) is 1. The maximum Gasteiger partial charge on any atom is 0.222 e. The van der Waals surface area contributed by atoms with Gasteiger partial charge in [0.25, 0.3) is 0 Å². The molecule has 1 aromatic carbocycles. The van der Waals surface area contributed by atoms with E-state index in [1.807, 2.05) is 41.3 Å². The minimum Gasteiger partial charge on any atom is -0.439 e. The summed E-state index contributed by atoms with van der Waals surface area (Å²) in [4.78, 5) is 19.6. The van der Waals surface area contributed by atoms with E-state index in [9.17, 15) is 9.90 Å².